The van der Waals surface area contributed by atoms with Crippen LogP contribution in [0.25, 0.3) is 0 Å². The fourth-order valence-electron chi connectivity index (χ4n) is 3.31. The van der Waals surface area contributed by atoms with Crippen LogP contribution in [0, 0.1) is 0 Å². The zero-order valence-corrected chi connectivity index (χ0v) is 15.6. The molecule has 1 aromatic carbocycles. The van der Waals surface area contributed by atoms with Crippen molar-refractivity contribution in [1.82, 2.24) is 0 Å². The summed E-state index contributed by atoms with van der Waals surface area (Å²) < 4.78 is 18.0. The molecule has 0 saturated carbocycles. The van der Waals surface area contributed by atoms with Crippen LogP contribution >= 0.6 is 0 Å². The highest BCUT2D eigenvalue weighted by molar-refractivity contribution is 5.13. The summed E-state index contributed by atoms with van der Waals surface area (Å²) in [5, 5.41) is 0. The molecule has 1 fully saturated rings. The number of benzene rings is 1. The van der Waals surface area contributed by atoms with E-state index in [1.54, 1.807) is 0 Å². The van der Waals surface area contributed by atoms with Crippen LogP contribution in [-0.2, 0) is 20.8 Å². The Morgan fingerprint density at radius 3 is 2.29 bits per heavy atom. The van der Waals surface area contributed by atoms with E-state index in [0.717, 1.165) is 12.8 Å². The van der Waals surface area contributed by atoms with Gasteiger partial charge in [0.25, 0.3) is 0 Å². The van der Waals surface area contributed by atoms with E-state index in [9.17, 15) is 0 Å². The van der Waals surface area contributed by atoms with Crippen LogP contribution in [0.4, 0.5) is 0 Å². The first-order valence-corrected chi connectivity index (χ1v) is 9.58. The molecular weight excluding hydrogens is 300 g/mol. The van der Waals surface area contributed by atoms with Crippen LogP contribution in [-0.4, -0.2) is 24.6 Å². The minimum atomic E-state index is -0.460. The van der Waals surface area contributed by atoms with Crippen LogP contribution in [0.3, 0.4) is 0 Å². The molecule has 0 aromatic heterocycles. The Kier molecular flexibility index (Phi) is 8.23. The minimum absolute atomic E-state index is 0.155. The Hall–Kier alpha value is -0.900. The van der Waals surface area contributed by atoms with Crippen molar-refractivity contribution in [3.8, 4) is 0 Å². The number of unbranched alkanes of at least 4 members (excludes halogenated alkanes) is 4. The van der Waals surface area contributed by atoms with E-state index in [-0.39, 0.29) is 12.2 Å². The van der Waals surface area contributed by atoms with Crippen LogP contribution < -0.4 is 0 Å². The van der Waals surface area contributed by atoms with Gasteiger partial charge in [-0.15, -0.1) is 0 Å². The second-order valence-electron chi connectivity index (χ2n) is 7.24. The molecule has 1 heterocycles. The van der Waals surface area contributed by atoms with E-state index in [1.807, 2.05) is 32.0 Å². The third-order valence-electron chi connectivity index (χ3n) is 4.54. The summed E-state index contributed by atoms with van der Waals surface area (Å²) in [6.07, 6.45) is 8.84. The SMILES string of the molecule is CCCCCCC[C@H]1OC(C)(C)O[C@@H]1CCOCc1ccccc1. The summed E-state index contributed by atoms with van der Waals surface area (Å²) in [4.78, 5) is 0. The molecule has 0 radical (unpaired) electrons. The summed E-state index contributed by atoms with van der Waals surface area (Å²) in [5.41, 5.74) is 1.22. The molecule has 1 saturated heterocycles. The van der Waals surface area contributed by atoms with Crippen LogP contribution in [0.5, 0.6) is 0 Å². The maximum atomic E-state index is 6.11. The van der Waals surface area contributed by atoms with Crippen molar-refractivity contribution in [1.29, 1.82) is 0 Å². The van der Waals surface area contributed by atoms with Crippen molar-refractivity contribution in [3.63, 3.8) is 0 Å². The van der Waals surface area contributed by atoms with Gasteiger partial charge in [-0.2, -0.15) is 0 Å². The second-order valence-corrected chi connectivity index (χ2v) is 7.24. The van der Waals surface area contributed by atoms with Gasteiger partial charge in [0.1, 0.15) is 0 Å². The topological polar surface area (TPSA) is 27.7 Å². The largest absolute Gasteiger partial charge is 0.377 e. The molecule has 3 heteroatoms. The average Bonchev–Trinajstić information content (AvgIpc) is 2.86. The van der Waals surface area contributed by atoms with Crippen molar-refractivity contribution >= 4 is 0 Å². The Morgan fingerprint density at radius 1 is 0.917 bits per heavy atom. The quantitative estimate of drug-likeness (QED) is 0.502. The predicted octanol–water partition coefficient (Wildman–Crippen LogP) is 5.47. The van der Waals surface area contributed by atoms with Crippen LogP contribution in [0.1, 0.15) is 71.3 Å². The van der Waals surface area contributed by atoms with Gasteiger partial charge in [-0.3, -0.25) is 0 Å². The number of rotatable bonds is 11. The molecule has 0 bridgehead atoms. The van der Waals surface area contributed by atoms with E-state index in [0.29, 0.717) is 13.2 Å². The van der Waals surface area contributed by atoms with Gasteiger partial charge < -0.3 is 14.2 Å². The molecule has 0 amide bonds. The van der Waals surface area contributed by atoms with E-state index in [2.05, 4.69) is 19.1 Å². The summed E-state index contributed by atoms with van der Waals surface area (Å²) in [5.74, 6) is -0.460. The van der Waals surface area contributed by atoms with Gasteiger partial charge in [0.2, 0.25) is 0 Å². The highest BCUT2D eigenvalue weighted by Crippen LogP contribution is 2.32. The standard InChI is InChI=1S/C21H34O3/c1-4-5-6-7-11-14-19-20(24-21(2,3)23-19)15-16-22-17-18-12-9-8-10-13-18/h8-10,12-13,19-20H,4-7,11,14-17H2,1-3H3/t19-,20-/m1/s1. The Morgan fingerprint density at radius 2 is 1.58 bits per heavy atom. The van der Waals surface area contributed by atoms with Gasteiger partial charge in [0, 0.05) is 6.61 Å². The lowest BCUT2D eigenvalue weighted by Gasteiger charge is -2.16. The van der Waals surface area contributed by atoms with Gasteiger partial charge in [-0.25, -0.2) is 0 Å². The Balaban J connectivity index is 1.68. The highest BCUT2D eigenvalue weighted by atomic mass is 16.7. The summed E-state index contributed by atoms with van der Waals surface area (Å²) in [6, 6.07) is 10.3. The van der Waals surface area contributed by atoms with Crippen molar-refractivity contribution in [3.05, 3.63) is 35.9 Å². The molecule has 3 nitrogen and oxygen atoms in total. The number of hydrogen-bond acceptors (Lipinski definition) is 3. The van der Waals surface area contributed by atoms with Gasteiger partial charge in [0.05, 0.1) is 18.8 Å². The second kappa shape index (κ2) is 10.2. The molecule has 1 aromatic rings. The molecule has 0 aliphatic carbocycles. The molecule has 1 aliphatic heterocycles. The van der Waals surface area contributed by atoms with E-state index in [4.69, 9.17) is 14.2 Å². The Labute approximate surface area is 147 Å². The highest BCUT2D eigenvalue weighted by Gasteiger charge is 2.40. The maximum absolute atomic E-state index is 6.11. The molecule has 0 unspecified atom stereocenters. The number of ether oxygens (including phenoxy) is 3. The third kappa shape index (κ3) is 6.92. The maximum Gasteiger partial charge on any atom is 0.163 e. The minimum Gasteiger partial charge on any atom is -0.377 e. The molecule has 0 N–H and O–H groups in total. The lowest BCUT2D eigenvalue weighted by atomic mass is 10.0. The van der Waals surface area contributed by atoms with E-state index >= 15 is 0 Å². The zero-order valence-electron chi connectivity index (χ0n) is 15.6. The van der Waals surface area contributed by atoms with Gasteiger partial charge >= 0.3 is 0 Å². The molecule has 0 spiro atoms. The molecule has 1 aliphatic rings. The van der Waals surface area contributed by atoms with E-state index < -0.39 is 5.79 Å². The van der Waals surface area contributed by atoms with Crippen LogP contribution in [0.2, 0.25) is 0 Å². The third-order valence-corrected chi connectivity index (χ3v) is 4.54. The summed E-state index contributed by atoms with van der Waals surface area (Å²) >= 11 is 0. The van der Waals surface area contributed by atoms with Gasteiger partial charge in [-0.05, 0) is 32.3 Å². The first-order valence-electron chi connectivity index (χ1n) is 9.58. The molecule has 136 valence electrons. The monoisotopic (exact) mass is 334 g/mol. The molecule has 2 rings (SSSR count). The van der Waals surface area contributed by atoms with Crippen molar-refractivity contribution in [2.24, 2.45) is 0 Å². The van der Waals surface area contributed by atoms with Gasteiger partial charge in [-0.1, -0.05) is 69.4 Å². The lowest BCUT2D eigenvalue weighted by molar-refractivity contribution is -0.148. The first kappa shape index (κ1) is 19.4. The normalized spacial score (nSPS) is 22.8. The summed E-state index contributed by atoms with van der Waals surface area (Å²) in [7, 11) is 0. The smallest absolute Gasteiger partial charge is 0.163 e. The van der Waals surface area contributed by atoms with Crippen molar-refractivity contribution in [2.75, 3.05) is 6.61 Å². The lowest BCUT2D eigenvalue weighted by Crippen LogP contribution is -2.24. The molecule has 24 heavy (non-hydrogen) atoms. The zero-order chi connectivity index (χ0) is 17.3. The predicted molar refractivity (Wildman–Crippen MR) is 97.9 cm³/mol. The van der Waals surface area contributed by atoms with Crippen molar-refractivity contribution < 1.29 is 14.2 Å². The molecule has 2 atom stereocenters. The summed E-state index contributed by atoms with van der Waals surface area (Å²) in [6.45, 7) is 7.66. The van der Waals surface area contributed by atoms with Gasteiger partial charge in [0.15, 0.2) is 5.79 Å². The average molecular weight is 334 g/mol. The Bertz CT molecular complexity index is 444. The number of hydrogen-bond donors (Lipinski definition) is 0. The fourth-order valence-corrected chi connectivity index (χ4v) is 3.31. The first-order chi connectivity index (χ1) is 11.6. The van der Waals surface area contributed by atoms with Crippen molar-refractivity contribution in [2.45, 2.75) is 90.3 Å². The van der Waals surface area contributed by atoms with Crippen LogP contribution in [0.15, 0.2) is 30.3 Å². The van der Waals surface area contributed by atoms with E-state index in [1.165, 1.54) is 37.7 Å². The molecular formula is C21H34O3. The fraction of sp³-hybridized carbons (Fsp3) is 0.714.